The highest BCUT2D eigenvalue weighted by molar-refractivity contribution is 5.53. The summed E-state index contributed by atoms with van der Waals surface area (Å²) in [6, 6.07) is 3.92. The quantitative estimate of drug-likeness (QED) is 0.927. The van der Waals surface area contributed by atoms with Crippen LogP contribution in [0, 0.1) is 6.92 Å². The number of aromatic nitrogens is 3. The van der Waals surface area contributed by atoms with Crippen molar-refractivity contribution in [3.63, 3.8) is 0 Å². The van der Waals surface area contributed by atoms with E-state index in [1.807, 2.05) is 19.1 Å². The normalized spacial score (nSPS) is 22.3. The van der Waals surface area contributed by atoms with Crippen molar-refractivity contribution in [3.8, 4) is 11.5 Å². The average Bonchev–Trinajstić information content (AvgIpc) is 3.09. The van der Waals surface area contributed by atoms with Crippen molar-refractivity contribution in [1.82, 2.24) is 20.4 Å². The van der Waals surface area contributed by atoms with Gasteiger partial charge >= 0.3 is 0 Å². The number of nitrogens with zero attached hydrogens (tertiary/aromatic N) is 3. The zero-order chi connectivity index (χ0) is 14.0. The van der Waals surface area contributed by atoms with E-state index >= 15 is 0 Å². The highest BCUT2D eigenvalue weighted by Gasteiger charge is 2.39. The van der Waals surface area contributed by atoms with E-state index in [1.54, 1.807) is 6.20 Å². The number of pyridine rings is 1. The smallest absolute Gasteiger partial charge is 0.247 e. The van der Waals surface area contributed by atoms with Crippen molar-refractivity contribution in [2.24, 2.45) is 0 Å². The van der Waals surface area contributed by atoms with Crippen LogP contribution in [0.4, 0.5) is 0 Å². The Hall–Kier alpha value is -1.75. The van der Waals surface area contributed by atoms with Gasteiger partial charge in [0, 0.05) is 6.20 Å². The van der Waals surface area contributed by atoms with Crippen LogP contribution in [0.15, 0.2) is 22.9 Å². The van der Waals surface area contributed by atoms with Gasteiger partial charge < -0.3 is 9.84 Å². The topological polar surface area (TPSA) is 63.8 Å². The van der Waals surface area contributed by atoms with Crippen LogP contribution in [0.3, 0.4) is 0 Å². The molecule has 0 amide bonds. The lowest BCUT2D eigenvalue weighted by Gasteiger charge is -2.24. The van der Waals surface area contributed by atoms with E-state index in [0.29, 0.717) is 11.7 Å². The molecule has 1 aliphatic heterocycles. The van der Waals surface area contributed by atoms with E-state index in [4.69, 9.17) is 4.52 Å². The van der Waals surface area contributed by atoms with Crippen LogP contribution >= 0.6 is 0 Å². The lowest BCUT2D eigenvalue weighted by Crippen LogP contribution is -2.36. The van der Waals surface area contributed by atoms with Gasteiger partial charge in [0.15, 0.2) is 0 Å². The van der Waals surface area contributed by atoms with Gasteiger partial charge in [0.25, 0.3) is 0 Å². The highest BCUT2D eigenvalue weighted by atomic mass is 16.5. The molecule has 0 radical (unpaired) electrons. The second-order valence-corrected chi connectivity index (χ2v) is 5.45. The molecule has 106 valence electrons. The second-order valence-electron chi connectivity index (χ2n) is 5.45. The first-order chi connectivity index (χ1) is 9.75. The van der Waals surface area contributed by atoms with Crippen LogP contribution in [0.1, 0.15) is 44.1 Å². The summed E-state index contributed by atoms with van der Waals surface area (Å²) in [4.78, 5) is 8.96. The maximum atomic E-state index is 5.55. The predicted octanol–water partition coefficient (Wildman–Crippen LogP) is 2.82. The van der Waals surface area contributed by atoms with E-state index in [9.17, 15) is 0 Å². The van der Waals surface area contributed by atoms with E-state index in [0.717, 1.165) is 43.5 Å². The Morgan fingerprint density at radius 1 is 1.45 bits per heavy atom. The van der Waals surface area contributed by atoms with Crippen LogP contribution in [0.2, 0.25) is 0 Å². The molecule has 0 bridgehead atoms. The van der Waals surface area contributed by atoms with Crippen LogP contribution in [0.25, 0.3) is 11.5 Å². The second kappa shape index (κ2) is 5.32. The molecule has 2 aromatic heterocycles. The van der Waals surface area contributed by atoms with Crippen LogP contribution in [0.5, 0.6) is 0 Å². The summed E-state index contributed by atoms with van der Waals surface area (Å²) in [7, 11) is 0. The predicted molar refractivity (Wildman–Crippen MR) is 76.1 cm³/mol. The van der Waals surface area contributed by atoms with Gasteiger partial charge in [-0.3, -0.25) is 4.98 Å². The summed E-state index contributed by atoms with van der Waals surface area (Å²) in [5, 5.41) is 7.68. The fraction of sp³-hybridized carbons (Fsp3) is 0.533. The van der Waals surface area contributed by atoms with Crippen molar-refractivity contribution in [3.05, 3.63) is 29.8 Å². The van der Waals surface area contributed by atoms with E-state index in [2.05, 4.69) is 27.4 Å². The minimum Gasteiger partial charge on any atom is -0.337 e. The molecule has 1 atom stereocenters. The molecule has 0 aromatic carbocycles. The Morgan fingerprint density at radius 2 is 2.35 bits per heavy atom. The zero-order valence-electron chi connectivity index (χ0n) is 12.0. The number of rotatable bonds is 4. The molecular weight excluding hydrogens is 252 g/mol. The molecule has 20 heavy (non-hydrogen) atoms. The molecule has 0 saturated carbocycles. The van der Waals surface area contributed by atoms with E-state index < -0.39 is 0 Å². The van der Waals surface area contributed by atoms with Gasteiger partial charge in [-0.05, 0) is 44.4 Å². The number of nitrogens with one attached hydrogen (secondary N) is 1. The molecule has 3 heterocycles. The third-order valence-corrected chi connectivity index (χ3v) is 3.98. The molecule has 1 unspecified atom stereocenters. The Balaban J connectivity index is 1.95. The van der Waals surface area contributed by atoms with Crippen LogP contribution < -0.4 is 5.32 Å². The van der Waals surface area contributed by atoms with Gasteiger partial charge in [0.1, 0.15) is 5.69 Å². The van der Waals surface area contributed by atoms with Gasteiger partial charge in [-0.25, -0.2) is 0 Å². The molecule has 1 aliphatic rings. The minimum atomic E-state index is -0.136. The minimum absolute atomic E-state index is 0.136. The van der Waals surface area contributed by atoms with Crippen molar-refractivity contribution in [2.75, 3.05) is 6.54 Å². The summed E-state index contributed by atoms with van der Waals surface area (Å²) in [5.74, 6) is 1.29. The molecule has 5 nitrogen and oxygen atoms in total. The van der Waals surface area contributed by atoms with E-state index in [-0.39, 0.29) is 5.54 Å². The average molecular weight is 272 g/mol. The summed E-state index contributed by atoms with van der Waals surface area (Å²) >= 11 is 0. The fourth-order valence-electron chi connectivity index (χ4n) is 2.97. The molecule has 1 N–H and O–H groups in total. The molecule has 2 aromatic rings. The maximum Gasteiger partial charge on any atom is 0.247 e. The first-order valence-electron chi connectivity index (χ1n) is 7.26. The summed E-state index contributed by atoms with van der Waals surface area (Å²) in [6.45, 7) is 5.20. The number of hydrogen-bond donors (Lipinski definition) is 1. The Morgan fingerprint density at radius 3 is 3.05 bits per heavy atom. The molecule has 0 spiro atoms. The monoisotopic (exact) mass is 272 g/mol. The summed E-state index contributed by atoms with van der Waals surface area (Å²) < 4.78 is 5.55. The standard InChI is InChI=1S/C15H20N4O/c1-3-7-15(8-5-10-17-15)14-18-13(19-20-14)12-11(2)6-4-9-16-12/h4,6,9,17H,3,5,7-8,10H2,1-2H3. The Kier molecular flexibility index (Phi) is 3.53. The maximum absolute atomic E-state index is 5.55. The lowest BCUT2D eigenvalue weighted by atomic mass is 9.92. The first kappa shape index (κ1) is 13.2. The van der Waals surface area contributed by atoms with Crippen molar-refractivity contribution < 1.29 is 4.52 Å². The van der Waals surface area contributed by atoms with Crippen LogP contribution in [-0.4, -0.2) is 21.7 Å². The SMILES string of the molecule is CCCC1(c2nc(-c3ncccc3C)no2)CCCN1. The summed E-state index contributed by atoms with van der Waals surface area (Å²) in [6.07, 6.45) is 6.08. The van der Waals surface area contributed by atoms with Gasteiger partial charge in [-0.15, -0.1) is 0 Å². The van der Waals surface area contributed by atoms with Gasteiger partial charge in [0.05, 0.1) is 5.54 Å². The van der Waals surface area contributed by atoms with Gasteiger partial charge in [0.2, 0.25) is 11.7 Å². The molecular formula is C15H20N4O. The van der Waals surface area contributed by atoms with Crippen molar-refractivity contribution in [1.29, 1.82) is 0 Å². The molecule has 3 rings (SSSR count). The van der Waals surface area contributed by atoms with Gasteiger partial charge in [-0.2, -0.15) is 4.98 Å². The highest BCUT2D eigenvalue weighted by Crippen LogP contribution is 2.35. The van der Waals surface area contributed by atoms with Crippen molar-refractivity contribution in [2.45, 2.75) is 45.1 Å². The third-order valence-electron chi connectivity index (χ3n) is 3.98. The molecule has 0 aliphatic carbocycles. The molecule has 5 heteroatoms. The van der Waals surface area contributed by atoms with Crippen molar-refractivity contribution >= 4 is 0 Å². The van der Waals surface area contributed by atoms with E-state index in [1.165, 1.54) is 0 Å². The third kappa shape index (κ3) is 2.22. The lowest BCUT2D eigenvalue weighted by molar-refractivity contribution is 0.241. The largest absolute Gasteiger partial charge is 0.337 e. The Labute approximate surface area is 118 Å². The van der Waals surface area contributed by atoms with Gasteiger partial charge in [-0.1, -0.05) is 24.6 Å². The van der Waals surface area contributed by atoms with Crippen LogP contribution in [-0.2, 0) is 5.54 Å². The number of hydrogen-bond acceptors (Lipinski definition) is 5. The zero-order valence-corrected chi connectivity index (χ0v) is 12.0. The molecule has 1 saturated heterocycles. The Bertz CT molecular complexity index is 587. The fourth-order valence-corrected chi connectivity index (χ4v) is 2.97. The first-order valence-corrected chi connectivity index (χ1v) is 7.26. The summed E-state index contributed by atoms with van der Waals surface area (Å²) in [5.41, 5.74) is 1.72. The number of aryl methyl sites for hydroxylation is 1. The molecule has 1 fully saturated rings.